The predicted octanol–water partition coefficient (Wildman–Crippen LogP) is 4.49. The Morgan fingerprint density at radius 1 is 1.11 bits per heavy atom. The Labute approximate surface area is 208 Å². The molecule has 0 spiro atoms. The molecule has 1 heterocycles. The van der Waals surface area contributed by atoms with Crippen LogP contribution in [0.15, 0.2) is 54.4 Å². The largest absolute Gasteiger partial charge is 0.422 e. The molecule has 0 radical (unpaired) electrons. The van der Waals surface area contributed by atoms with Crippen LogP contribution in [0, 0.1) is 0 Å². The van der Waals surface area contributed by atoms with Crippen LogP contribution in [0.2, 0.25) is 10.0 Å². The van der Waals surface area contributed by atoms with Crippen molar-refractivity contribution < 1.29 is 23.1 Å². The van der Waals surface area contributed by atoms with E-state index >= 15 is 0 Å². The second-order valence-corrected chi connectivity index (χ2v) is 8.77. The van der Waals surface area contributed by atoms with Crippen LogP contribution < -0.4 is 17.3 Å². The first-order valence-electron chi connectivity index (χ1n) is 10.2. The average Bonchev–Trinajstić information content (AvgIpc) is 2.75. The number of nitrogens with zero attached hydrogens (tertiary/aromatic N) is 2. The molecule has 0 fully saturated rings. The number of nitrogens with two attached hydrogens (primary N) is 3. The summed E-state index contributed by atoms with van der Waals surface area (Å²) < 4.78 is 39.7. The van der Waals surface area contributed by atoms with Gasteiger partial charge in [-0.25, -0.2) is 10.8 Å². The number of benzene rings is 2. The lowest BCUT2D eigenvalue weighted by Crippen LogP contribution is -2.49. The number of halogens is 5. The fourth-order valence-corrected chi connectivity index (χ4v) is 4.08. The highest BCUT2D eigenvalue weighted by atomic mass is 35.5. The van der Waals surface area contributed by atoms with Crippen LogP contribution in [0.3, 0.4) is 0 Å². The number of hydrogen-bond acceptors (Lipinski definition) is 6. The van der Waals surface area contributed by atoms with Gasteiger partial charge in [-0.1, -0.05) is 42.3 Å². The number of alkyl halides is 3. The number of pyridine rings is 1. The molecule has 35 heavy (non-hydrogen) atoms. The van der Waals surface area contributed by atoms with Crippen molar-refractivity contribution >= 4 is 40.0 Å². The fraction of sp³-hybridized carbons (Fsp3) is 0.217. The molecule has 1 unspecified atom stereocenters. The highest BCUT2D eigenvalue weighted by Gasteiger charge is 2.54. The van der Waals surface area contributed by atoms with Gasteiger partial charge < -0.3 is 21.6 Å². The maximum Gasteiger partial charge on any atom is 0.422 e. The summed E-state index contributed by atoms with van der Waals surface area (Å²) >= 11 is 12.3. The molecular formula is C23H22Cl2F3N5O2. The number of aromatic nitrogens is 1. The smallest absolute Gasteiger partial charge is 0.398 e. The van der Waals surface area contributed by atoms with Gasteiger partial charge in [0, 0.05) is 21.6 Å². The third-order valence-electron chi connectivity index (χ3n) is 5.43. The SMILES string of the molecule is CCC(O)(/C(N)=C/N(N)Cc1ccc2c(-c3cc(Cl)cc(Cl)c3)cc(C(N)=O)nc2c1)C(F)(F)F. The van der Waals surface area contributed by atoms with Crippen molar-refractivity contribution in [3.05, 3.63) is 75.7 Å². The Balaban J connectivity index is 2.02. The topological polar surface area (TPSA) is 131 Å². The first-order chi connectivity index (χ1) is 16.2. The molecule has 0 saturated carbocycles. The lowest BCUT2D eigenvalue weighted by Gasteiger charge is -2.30. The van der Waals surface area contributed by atoms with Crippen LogP contribution in [0.25, 0.3) is 22.0 Å². The molecule has 186 valence electrons. The first kappa shape index (κ1) is 26.6. The van der Waals surface area contributed by atoms with Gasteiger partial charge >= 0.3 is 6.18 Å². The Morgan fingerprint density at radius 3 is 2.29 bits per heavy atom. The lowest BCUT2D eigenvalue weighted by molar-refractivity contribution is -0.245. The van der Waals surface area contributed by atoms with Gasteiger partial charge in [0.2, 0.25) is 5.60 Å². The molecule has 0 bridgehead atoms. The third-order valence-corrected chi connectivity index (χ3v) is 5.86. The number of primary amides is 1. The van der Waals surface area contributed by atoms with Crippen LogP contribution in [-0.2, 0) is 6.54 Å². The average molecular weight is 528 g/mol. The second-order valence-electron chi connectivity index (χ2n) is 7.90. The van der Waals surface area contributed by atoms with Crippen LogP contribution >= 0.6 is 23.2 Å². The van der Waals surface area contributed by atoms with Crippen molar-refractivity contribution in [3.63, 3.8) is 0 Å². The molecule has 7 nitrogen and oxygen atoms in total. The van der Waals surface area contributed by atoms with E-state index in [2.05, 4.69) is 4.98 Å². The normalized spacial score (nSPS) is 14.1. The van der Waals surface area contributed by atoms with Gasteiger partial charge in [0.25, 0.3) is 5.91 Å². The third kappa shape index (κ3) is 5.62. The second kappa shape index (κ2) is 9.90. The number of carbonyl (C=O) groups excluding carboxylic acids is 1. The van der Waals surface area contributed by atoms with Gasteiger partial charge in [0.05, 0.1) is 17.8 Å². The quantitative estimate of drug-likeness (QED) is 0.264. The number of carbonyl (C=O) groups is 1. The molecule has 0 saturated heterocycles. The lowest BCUT2D eigenvalue weighted by atomic mass is 9.96. The van der Waals surface area contributed by atoms with E-state index in [1.54, 1.807) is 36.4 Å². The zero-order valence-corrected chi connectivity index (χ0v) is 19.9. The summed E-state index contributed by atoms with van der Waals surface area (Å²) in [4.78, 5) is 16.2. The van der Waals surface area contributed by atoms with Crippen LogP contribution in [0.4, 0.5) is 13.2 Å². The van der Waals surface area contributed by atoms with Gasteiger partial charge in [-0.05, 0) is 53.4 Å². The highest BCUT2D eigenvalue weighted by Crippen LogP contribution is 2.37. The van der Waals surface area contributed by atoms with E-state index in [0.29, 0.717) is 37.6 Å². The molecular weight excluding hydrogens is 506 g/mol. The fourth-order valence-electron chi connectivity index (χ4n) is 3.56. The summed E-state index contributed by atoms with van der Waals surface area (Å²) in [6, 6.07) is 11.4. The van der Waals surface area contributed by atoms with E-state index in [-0.39, 0.29) is 12.2 Å². The van der Waals surface area contributed by atoms with Gasteiger partial charge in [0.1, 0.15) is 5.69 Å². The Bertz CT molecular complexity index is 1300. The standard InChI is InChI=1S/C23H22Cl2F3N5O2/c1-2-22(35,23(26,27)28)20(29)11-33(31)10-12-3-4-16-17(13-6-14(24)8-15(25)7-13)9-19(21(30)34)32-18(16)5-12/h3-9,11,35H,2,10,29,31H2,1H3,(H2,30,34)/b20-11-. The van der Waals surface area contributed by atoms with Gasteiger partial charge in [-0.3, -0.25) is 4.79 Å². The van der Waals surface area contributed by atoms with Crippen molar-refractivity contribution in [3.8, 4) is 11.1 Å². The molecule has 1 aromatic heterocycles. The van der Waals surface area contributed by atoms with E-state index in [0.717, 1.165) is 18.1 Å². The summed E-state index contributed by atoms with van der Waals surface area (Å²) in [6.07, 6.45) is -4.83. The molecule has 3 rings (SSSR count). The molecule has 0 aliphatic heterocycles. The molecule has 3 aromatic rings. The summed E-state index contributed by atoms with van der Waals surface area (Å²) in [5.74, 6) is 5.10. The monoisotopic (exact) mass is 527 g/mol. The van der Waals surface area contributed by atoms with Gasteiger partial charge in [0.15, 0.2) is 0 Å². The molecule has 12 heteroatoms. The maximum atomic E-state index is 13.2. The first-order valence-corrected chi connectivity index (χ1v) is 11.0. The van der Waals surface area contributed by atoms with E-state index in [9.17, 15) is 23.1 Å². The van der Waals surface area contributed by atoms with Crippen molar-refractivity contribution in [2.24, 2.45) is 17.3 Å². The number of rotatable bonds is 7. The molecule has 0 aliphatic carbocycles. The Morgan fingerprint density at radius 2 is 1.74 bits per heavy atom. The highest BCUT2D eigenvalue weighted by molar-refractivity contribution is 6.35. The summed E-state index contributed by atoms with van der Waals surface area (Å²) in [7, 11) is 0. The van der Waals surface area contributed by atoms with Crippen molar-refractivity contribution in [1.82, 2.24) is 9.99 Å². The molecule has 1 amide bonds. The van der Waals surface area contributed by atoms with Crippen molar-refractivity contribution in [2.45, 2.75) is 31.7 Å². The minimum absolute atomic E-state index is 0.00678. The molecule has 2 aromatic carbocycles. The minimum atomic E-state index is -4.97. The summed E-state index contributed by atoms with van der Waals surface area (Å²) in [5, 5.41) is 12.3. The number of fused-ring (bicyclic) bond motifs is 1. The van der Waals surface area contributed by atoms with E-state index in [1.165, 1.54) is 6.07 Å². The molecule has 0 aliphatic rings. The van der Waals surface area contributed by atoms with E-state index in [4.69, 9.17) is 40.5 Å². The minimum Gasteiger partial charge on any atom is -0.398 e. The number of aliphatic hydroxyl groups is 1. The van der Waals surface area contributed by atoms with Gasteiger partial charge in [-0.2, -0.15) is 13.2 Å². The Hall–Kier alpha value is -3.05. The van der Waals surface area contributed by atoms with Crippen LogP contribution in [0.5, 0.6) is 0 Å². The number of hydrazine groups is 1. The van der Waals surface area contributed by atoms with Crippen molar-refractivity contribution in [2.75, 3.05) is 0 Å². The van der Waals surface area contributed by atoms with E-state index in [1.807, 2.05) is 0 Å². The summed E-state index contributed by atoms with van der Waals surface area (Å²) in [6.45, 7) is 1.08. The zero-order valence-electron chi connectivity index (χ0n) is 18.4. The summed E-state index contributed by atoms with van der Waals surface area (Å²) in [5.41, 5.74) is 9.10. The molecule has 1 atom stereocenters. The van der Waals surface area contributed by atoms with Crippen LogP contribution in [-0.4, -0.2) is 32.8 Å². The van der Waals surface area contributed by atoms with Gasteiger partial charge in [-0.15, -0.1) is 0 Å². The predicted molar refractivity (Wildman–Crippen MR) is 129 cm³/mol. The zero-order chi connectivity index (χ0) is 26.1. The van der Waals surface area contributed by atoms with E-state index < -0.39 is 29.8 Å². The Kier molecular flexibility index (Phi) is 7.51. The molecule has 7 N–H and O–H groups in total. The maximum absolute atomic E-state index is 13.2. The van der Waals surface area contributed by atoms with Crippen LogP contribution in [0.1, 0.15) is 29.4 Å². The number of hydrogen-bond donors (Lipinski definition) is 4. The van der Waals surface area contributed by atoms with Crippen molar-refractivity contribution in [1.29, 1.82) is 0 Å². The number of amides is 1.